The van der Waals surface area contributed by atoms with Gasteiger partial charge in [0.2, 0.25) is 0 Å². The molecule has 0 aliphatic heterocycles. The minimum Gasteiger partial charge on any atom is -0.504 e. The highest BCUT2D eigenvalue weighted by Crippen LogP contribution is 2.25. The Hall–Kier alpha value is -2.53. The molecule has 114 valence electrons. The number of nitrogens with one attached hydrogen (secondary N) is 1. The van der Waals surface area contributed by atoms with Crippen LogP contribution in [0.4, 0.5) is 0 Å². The molecule has 2 aromatic rings. The van der Waals surface area contributed by atoms with Gasteiger partial charge < -0.3 is 9.84 Å². The lowest BCUT2D eigenvalue weighted by Crippen LogP contribution is -2.18. The second-order valence-electron chi connectivity index (χ2n) is 4.61. The fourth-order valence-corrected chi connectivity index (χ4v) is 2.14. The summed E-state index contributed by atoms with van der Waals surface area (Å²) in [4.78, 5) is 12.0. The summed E-state index contributed by atoms with van der Waals surface area (Å²) in [5, 5.41) is 13.9. The number of nitrogens with zero attached hydrogens (tertiary/aromatic N) is 1. The molecule has 2 N–H and O–H groups in total. The van der Waals surface area contributed by atoms with Crippen molar-refractivity contribution in [1.29, 1.82) is 0 Å². The van der Waals surface area contributed by atoms with Crippen LogP contribution in [0.15, 0.2) is 41.5 Å². The van der Waals surface area contributed by atoms with Crippen LogP contribution in [-0.2, 0) is 0 Å². The van der Waals surface area contributed by atoms with Crippen molar-refractivity contribution in [3.63, 3.8) is 0 Å². The smallest absolute Gasteiger partial charge is 0.272 e. The summed E-state index contributed by atoms with van der Waals surface area (Å²) in [7, 11) is 1.47. The van der Waals surface area contributed by atoms with Gasteiger partial charge in [0.25, 0.3) is 5.91 Å². The largest absolute Gasteiger partial charge is 0.504 e. The number of benzene rings is 2. The number of carbonyl (C=O) groups is 1. The van der Waals surface area contributed by atoms with Crippen LogP contribution in [-0.4, -0.2) is 24.3 Å². The van der Waals surface area contributed by atoms with Crippen molar-refractivity contribution in [2.75, 3.05) is 7.11 Å². The number of hydrogen-bond acceptors (Lipinski definition) is 4. The number of carbonyl (C=O) groups excluding carboxylic acids is 1. The van der Waals surface area contributed by atoms with Crippen LogP contribution < -0.4 is 10.2 Å². The molecule has 2 aromatic carbocycles. The number of hydrogen-bond donors (Lipinski definition) is 2. The minimum atomic E-state index is -0.404. The maximum atomic E-state index is 12.0. The highest BCUT2D eigenvalue weighted by molar-refractivity contribution is 6.33. The molecule has 2 rings (SSSR count). The van der Waals surface area contributed by atoms with Gasteiger partial charge in [0, 0.05) is 0 Å². The van der Waals surface area contributed by atoms with Crippen molar-refractivity contribution in [3.8, 4) is 11.5 Å². The fourth-order valence-electron chi connectivity index (χ4n) is 1.82. The van der Waals surface area contributed by atoms with Crippen LogP contribution >= 0.6 is 11.6 Å². The van der Waals surface area contributed by atoms with E-state index in [0.717, 1.165) is 5.56 Å². The molecule has 1 amide bonds. The molecule has 0 saturated heterocycles. The van der Waals surface area contributed by atoms with Gasteiger partial charge >= 0.3 is 0 Å². The summed E-state index contributed by atoms with van der Waals surface area (Å²) in [5.41, 5.74) is 4.33. The third-order valence-electron chi connectivity index (χ3n) is 2.95. The van der Waals surface area contributed by atoms with E-state index in [-0.39, 0.29) is 5.75 Å². The van der Waals surface area contributed by atoms with Crippen LogP contribution in [0.1, 0.15) is 21.5 Å². The van der Waals surface area contributed by atoms with Crippen molar-refractivity contribution in [3.05, 3.63) is 58.1 Å². The highest BCUT2D eigenvalue weighted by Gasteiger charge is 2.09. The number of rotatable bonds is 4. The van der Waals surface area contributed by atoms with Gasteiger partial charge in [0.05, 0.1) is 23.9 Å². The number of amides is 1. The minimum absolute atomic E-state index is 0.000597. The number of hydrazone groups is 1. The van der Waals surface area contributed by atoms with Gasteiger partial charge in [-0.3, -0.25) is 4.79 Å². The van der Waals surface area contributed by atoms with Crippen LogP contribution in [0.5, 0.6) is 11.5 Å². The van der Waals surface area contributed by atoms with Crippen LogP contribution in [0.25, 0.3) is 0 Å². The molecule has 0 unspecified atom stereocenters. The first kappa shape index (κ1) is 15.9. The Kier molecular flexibility index (Phi) is 5.01. The molecule has 0 bridgehead atoms. The second kappa shape index (κ2) is 6.95. The van der Waals surface area contributed by atoms with Gasteiger partial charge in [-0.15, -0.1) is 0 Å². The Morgan fingerprint density at radius 3 is 2.73 bits per heavy atom. The molecule has 6 heteroatoms. The quantitative estimate of drug-likeness (QED) is 0.672. The average Bonchev–Trinajstić information content (AvgIpc) is 2.47. The molecular formula is C16H15ClN2O3. The Labute approximate surface area is 133 Å². The van der Waals surface area contributed by atoms with E-state index in [4.69, 9.17) is 16.3 Å². The summed E-state index contributed by atoms with van der Waals surface area (Å²) in [6, 6.07) is 9.94. The van der Waals surface area contributed by atoms with Gasteiger partial charge in [-0.25, -0.2) is 5.43 Å². The van der Waals surface area contributed by atoms with Gasteiger partial charge in [-0.2, -0.15) is 5.10 Å². The first-order chi connectivity index (χ1) is 10.5. The predicted molar refractivity (Wildman–Crippen MR) is 85.9 cm³/mol. The summed E-state index contributed by atoms with van der Waals surface area (Å²) in [6.07, 6.45) is 1.42. The van der Waals surface area contributed by atoms with Gasteiger partial charge in [-0.1, -0.05) is 17.7 Å². The zero-order valence-corrected chi connectivity index (χ0v) is 12.9. The van der Waals surface area contributed by atoms with Crippen molar-refractivity contribution in [1.82, 2.24) is 5.43 Å². The zero-order valence-electron chi connectivity index (χ0n) is 12.1. The topological polar surface area (TPSA) is 70.9 Å². The maximum absolute atomic E-state index is 12.0. The lowest BCUT2D eigenvalue weighted by molar-refractivity contribution is 0.0955. The number of phenolic OH excluding ortho intramolecular Hbond substituents is 1. The number of phenols is 1. The number of methoxy groups -OCH3 is 1. The number of aryl methyl sites for hydroxylation is 1. The van der Waals surface area contributed by atoms with E-state index in [0.29, 0.717) is 21.9 Å². The molecule has 0 aliphatic rings. The van der Waals surface area contributed by atoms with E-state index in [1.807, 2.05) is 6.92 Å². The van der Waals surface area contributed by atoms with E-state index in [1.54, 1.807) is 30.3 Å². The summed E-state index contributed by atoms with van der Waals surface area (Å²) < 4.78 is 4.94. The average molecular weight is 319 g/mol. The van der Waals surface area contributed by atoms with Crippen molar-refractivity contribution < 1.29 is 14.6 Å². The maximum Gasteiger partial charge on any atom is 0.272 e. The Balaban J connectivity index is 2.05. The number of ether oxygens (including phenoxy) is 1. The van der Waals surface area contributed by atoms with Crippen LogP contribution in [0.3, 0.4) is 0 Å². The Bertz CT molecular complexity index is 729. The molecule has 0 heterocycles. The number of halogens is 1. The van der Waals surface area contributed by atoms with Gasteiger partial charge in [0.15, 0.2) is 11.5 Å². The third-order valence-corrected chi connectivity index (χ3v) is 3.26. The van der Waals surface area contributed by atoms with E-state index in [2.05, 4.69) is 10.5 Å². The molecule has 22 heavy (non-hydrogen) atoms. The first-order valence-electron chi connectivity index (χ1n) is 6.48. The van der Waals surface area contributed by atoms with Crippen molar-refractivity contribution in [2.45, 2.75) is 6.92 Å². The van der Waals surface area contributed by atoms with E-state index >= 15 is 0 Å². The van der Waals surface area contributed by atoms with E-state index in [1.165, 1.54) is 19.4 Å². The lowest BCUT2D eigenvalue weighted by atomic mass is 10.1. The molecule has 0 radical (unpaired) electrons. The van der Waals surface area contributed by atoms with Gasteiger partial charge in [0.1, 0.15) is 0 Å². The van der Waals surface area contributed by atoms with Gasteiger partial charge in [-0.05, 0) is 48.4 Å². The van der Waals surface area contributed by atoms with Crippen LogP contribution in [0, 0.1) is 6.92 Å². The second-order valence-corrected chi connectivity index (χ2v) is 5.02. The van der Waals surface area contributed by atoms with Crippen molar-refractivity contribution in [2.24, 2.45) is 5.10 Å². The molecule has 0 spiro atoms. The number of aromatic hydroxyl groups is 1. The van der Waals surface area contributed by atoms with Crippen molar-refractivity contribution >= 4 is 23.7 Å². The lowest BCUT2D eigenvalue weighted by Gasteiger charge is -2.04. The molecule has 0 atom stereocenters. The SMILES string of the molecule is COc1ccc(/C=N\NC(=O)c2ccc(C)cc2Cl)cc1O. The first-order valence-corrected chi connectivity index (χ1v) is 6.85. The van der Waals surface area contributed by atoms with Crippen LogP contribution in [0.2, 0.25) is 5.02 Å². The monoisotopic (exact) mass is 318 g/mol. The third kappa shape index (κ3) is 3.77. The fraction of sp³-hybridized carbons (Fsp3) is 0.125. The molecule has 0 aliphatic carbocycles. The van der Waals surface area contributed by atoms with E-state index in [9.17, 15) is 9.90 Å². The summed E-state index contributed by atoms with van der Waals surface area (Å²) >= 11 is 6.01. The highest BCUT2D eigenvalue weighted by atomic mass is 35.5. The molecule has 0 aromatic heterocycles. The standard InChI is InChI=1S/C16H15ClN2O3/c1-10-3-5-12(13(17)7-10)16(21)19-18-9-11-4-6-15(22-2)14(20)8-11/h3-9,20H,1-2H3,(H,19,21)/b18-9-. The predicted octanol–water partition coefficient (Wildman–Crippen LogP) is 3.13. The zero-order chi connectivity index (χ0) is 16.1. The summed E-state index contributed by atoms with van der Waals surface area (Å²) in [5.74, 6) is -0.0361. The summed E-state index contributed by atoms with van der Waals surface area (Å²) in [6.45, 7) is 1.89. The molecular weight excluding hydrogens is 304 g/mol. The Morgan fingerprint density at radius 1 is 1.32 bits per heavy atom. The Morgan fingerprint density at radius 2 is 2.09 bits per heavy atom. The van der Waals surface area contributed by atoms with E-state index < -0.39 is 5.91 Å². The molecule has 0 fully saturated rings. The normalized spacial score (nSPS) is 10.7. The molecule has 5 nitrogen and oxygen atoms in total. The molecule has 0 saturated carbocycles.